The first kappa shape index (κ1) is 33.7. The van der Waals surface area contributed by atoms with Gasteiger partial charge in [-0.3, -0.25) is 9.98 Å². The quantitative estimate of drug-likeness (QED) is 0.177. The summed E-state index contributed by atoms with van der Waals surface area (Å²) in [4.78, 5) is 17.6. The molecule has 3 aliphatic heterocycles. The van der Waals surface area contributed by atoms with Crippen LogP contribution < -0.4 is 0 Å². The monoisotopic (exact) mass is 652 g/mol. The Morgan fingerprint density at radius 3 is 2.02 bits per heavy atom. The standard InChI is InChI=1S/C18H21ClN2O.C17H18Cl2N2O/c1-11-6-8-15(9-7-11)17-14(4)22-18(21-17)16(13(3)19)12(2)10-20-5;1-10-3-5-12(6-4-10)16-11(2)22-17(21-16)14-7-13(18)8-20-9-15(14)19/h6-10,14,17H,3H2,1-2,4-5H3;3-6,8-9,11,13-14,16H,7H2,1-2H3/b16-12+,20-10?;/t14?,17-;11-,13?,14?,16?/m11/s1. The summed E-state index contributed by atoms with van der Waals surface area (Å²) < 4.78 is 11.9. The van der Waals surface area contributed by atoms with Crippen molar-refractivity contribution in [1.29, 1.82) is 0 Å². The van der Waals surface area contributed by atoms with Gasteiger partial charge in [0.1, 0.15) is 24.3 Å². The second-order valence-corrected chi connectivity index (χ2v) is 12.7. The van der Waals surface area contributed by atoms with Crippen LogP contribution in [0.3, 0.4) is 0 Å². The van der Waals surface area contributed by atoms with Gasteiger partial charge in [0.2, 0.25) is 5.90 Å². The molecule has 0 aromatic heterocycles. The summed E-state index contributed by atoms with van der Waals surface area (Å²) in [6, 6.07) is 16.7. The normalized spacial score (nSPS) is 26.8. The predicted molar refractivity (Wildman–Crippen MR) is 186 cm³/mol. The fraction of sp³-hybridized carbons (Fsp3) is 0.371. The van der Waals surface area contributed by atoms with Crippen LogP contribution in [0.1, 0.15) is 61.5 Å². The Labute approximate surface area is 276 Å². The molecule has 44 heavy (non-hydrogen) atoms. The molecule has 0 bridgehead atoms. The molecule has 3 heterocycles. The lowest BCUT2D eigenvalue weighted by molar-refractivity contribution is 0.203. The summed E-state index contributed by atoms with van der Waals surface area (Å²) in [6.07, 6.45) is 5.64. The van der Waals surface area contributed by atoms with Crippen LogP contribution in [0.4, 0.5) is 0 Å². The molecule has 5 rings (SSSR count). The number of rotatable bonds is 6. The number of alkyl halides is 1. The topological polar surface area (TPSA) is 67.9 Å². The summed E-state index contributed by atoms with van der Waals surface area (Å²) in [5.74, 6) is 1.08. The Kier molecular flexibility index (Phi) is 11.6. The maximum atomic E-state index is 6.32. The van der Waals surface area contributed by atoms with E-state index in [1.165, 1.54) is 11.1 Å². The van der Waals surface area contributed by atoms with Gasteiger partial charge >= 0.3 is 0 Å². The highest BCUT2D eigenvalue weighted by Crippen LogP contribution is 2.36. The third-order valence-corrected chi connectivity index (χ3v) is 8.43. The molecule has 3 aliphatic rings. The number of aliphatic imine (C=N–C) groups is 4. The third-order valence-electron chi connectivity index (χ3n) is 7.59. The molecule has 2 aromatic rings. The Hall–Kier alpha value is -3.19. The molecule has 232 valence electrons. The van der Waals surface area contributed by atoms with Gasteiger partial charge in [-0.1, -0.05) is 89.4 Å². The van der Waals surface area contributed by atoms with E-state index in [-0.39, 0.29) is 35.6 Å². The molecule has 4 unspecified atom stereocenters. The Morgan fingerprint density at radius 2 is 1.48 bits per heavy atom. The van der Waals surface area contributed by atoms with Crippen LogP contribution in [0.2, 0.25) is 0 Å². The molecule has 0 aliphatic carbocycles. The number of allylic oxidation sites excluding steroid dienone is 1. The van der Waals surface area contributed by atoms with Gasteiger partial charge in [0, 0.05) is 35.7 Å². The lowest BCUT2D eigenvalue weighted by Crippen LogP contribution is -2.21. The minimum Gasteiger partial charge on any atom is -0.475 e. The Balaban J connectivity index is 0.000000201. The maximum absolute atomic E-state index is 6.32. The Morgan fingerprint density at radius 1 is 0.932 bits per heavy atom. The van der Waals surface area contributed by atoms with E-state index in [9.17, 15) is 0 Å². The molecule has 0 fully saturated rings. The summed E-state index contributed by atoms with van der Waals surface area (Å²) in [5.41, 5.74) is 6.35. The highest BCUT2D eigenvalue weighted by Gasteiger charge is 2.35. The Bertz CT molecular complexity index is 1520. The number of nitrogens with zero attached hydrogens (tertiary/aromatic N) is 4. The van der Waals surface area contributed by atoms with E-state index in [2.05, 4.69) is 78.9 Å². The number of benzene rings is 2. The number of ether oxygens (including phenoxy) is 2. The minimum absolute atomic E-state index is 0.00184. The van der Waals surface area contributed by atoms with Gasteiger partial charge in [-0.25, -0.2) is 9.98 Å². The molecular formula is C35H39Cl3N4O2. The summed E-state index contributed by atoms with van der Waals surface area (Å²) in [6.45, 7) is 13.9. The fourth-order valence-electron chi connectivity index (χ4n) is 5.22. The average Bonchev–Trinajstić information content (AvgIpc) is 3.49. The van der Waals surface area contributed by atoms with Gasteiger partial charge in [0.25, 0.3) is 0 Å². The number of aryl methyl sites for hydroxylation is 2. The van der Waals surface area contributed by atoms with Crippen molar-refractivity contribution in [3.05, 3.63) is 105 Å². The fourth-order valence-corrected chi connectivity index (χ4v) is 5.93. The van der Waals surface area contributed by atoms with E-state index in [4.69, 9.17) is 54.3 Å². The zero-order valence-electron chi connectivity index (χ0n) is 26.0. The van der Waals surface area contributed by atoms with Crippen LogP contribution in [0, 0.1) is 19.8 Å². The highest BCUT2D eigenvalue weighted by atomic mass is 35.5. The van der Waals surface area contributed by atoms with Crippen molar-refractivity contribution < 1.29 is 9.47 Å². The van der Waals surface area contributed by atoms with Crippen LogP contribution in [-0.2, 0) is 9.47 Å². The van der Waals surface area contributed by atoms with E-state index < -0.39 is 0 Å². The molecule has 0 spiro atoms. The number of hydrogen-bond acceptors (Lipinski definition) is 6. The van der Waals surface area contributed by atoms with Gasteiger partial charge in [-0.2, -0.15) is 0 Å². The maximum Gasteiger partial charge on any atom is 0.219 e. The van der Waals surface area contributed by atoms with Gasteiger partial charge in [0.15, 0.2) is 5.90 Å². The van der Waals surface area contributed by atoms with E-state index in [1.807, 2.05) is 20.8 Å². The first-order valence-corrected chi connectivity index (χ1v) is 15.8. The summed E-state index contributed by atoms with van der Waals surface area (Å²) in [5, 5.41) is 0.861. The van der Waals surface area contributed by atoms with Crippen LogP contribution >= 0.6 is 34.8 Å². The van der Waals surface area contributed by atoms with Crippen LogP contribution in [-0.4, -0.2) is 48.9 Å². The van der Waals surface area contributed by atoms with Crippen molar-refractivity contribution in [3.63, 3.8) is 0 Å². The molecule has 0 amide bonds. The molecule has 6 atom stereocenters. The first-order valence-electron chi connectivity index (χ1n) is 14.6. The molecule has 2 aromatic carbocycles. The molecule has 6 nitrogen and oxygen atoms in total. The highest BCUT2D eigenvalue weighted by molar-refractivity contribution is 6.35. The molecule has 0 N–H and O–H groups in total. The largest absolute Gasteiger partial charge is 0.475 e. The lowest BCUT2D eigenvalue weighted by Gasteiger charge is -2.17. The van der Waals surface area contributed by atoms with Gasteiger partial charge < -0.3 is 9.47 Å². The van der Waals surface area contributed by atoms with E-state index >= 15 is 0 Å². The predicted octanol–water partition coefficient (Wildman–Crippen LogP) is 9.25. The number of halogens is 3. The zero-order valence-corrected chi connectivity index (χ0v) is 28.2. The molecule has 0 saturated heterocycles. The minimum atomic E-state index is -0.169. The zero-order chi connectivity index (χ0) is 32.0. The van der Waals surface area contributed by atoms with Crippen molar-refractivity contribution in [2.45, 2.75) is 70.7 Å². The SMILES string of the molecule is C=C(Cl)/C(C1=N[C@@H](c2ccc(C)cc2)C(C)O1)=C(/C)C=NC.Cc1ccc(C2N=C(C3CC(Cl)C=NC=C3Cl)O[C@@H]2C)cc1. The van der Waals surface area contributed by atoms with Crippen LogP contribution in [0.5, 0.6) is 0 Å². The second-order valence-electron chi connectivity index (χ2n) is 11.2. The van der Waals surface area contributed by atoms with Crippen molar-refractivity contribution in [2.75, 3.05) is 7.05 Å². The molecule has 0 saturated carbocycles. The van der Waals surface area contributed by atoms with Gasteiger partial charge in [0.05, 0.1) is 16.9 Å². The van der Waals surface area contributed by atoms with Gasteiger partial charge in [-0.05, 0) is 57.7 Å². The third kappa shape index (κ3) is 8.29. The smallest absolute Gasteiger partial charge is 0.219 e. The average molecular weight is 654 g/mol. The van der Waals surface area contributed by atoms with Crippen molar-refractivity contribution in [3.8, 4) is 0 Å². The van der Waals surface area contributed by atoms with E-state index in [1.54, 1.807) is 25.7 Å². The van der Waals surface area contributed by atoms with Crippen LogP contribution in [0.15, 0.2) is 102 Å². The second kappa shape index (κ2) is 15.2. The lowest BCUT2D eigenvalue weighted by atomic mass is 10.0. The van der Waals surface area contributed by atoms with Crippen LogP contribution in [0.25, 0.3) is 0 Å². The first-order chi connectivity index (χ1) is 21.0. The van der Waals surface area contributed by atoms with Gasteiger partial charge in [-0.15, -0.1) is 11.6 Å². The molecule has 9 heteroatoms. The summed E-state index contributed by atoms with van der Waals surface area (Å²) in [7, 11) is 1.72. The van der Waals surface area contributed by atoms with E-state index in [0.717, 1.165) is 16.7 Å². The summed E-state index contributed by atoms with van der Waals surface area (Å²) >= 11 is 18.7. The van der Waals surface area contributed by atoms with Crippen molar-refractivity contribution in [2.24, 2.45) is 25.9 Å². The van der Waals surface area contributed by atoms with Crippen molar-refractivity contribution in [1.82, 2.24) is 0 Å². The molecule has 0 radical (unpaired) electrons. The van der Waals surface area contributed by atoms with Crippen molar-refractivity contribution >= 4 is 59.0 Å². The number of hydrogen-bond donors (Lipinski definition) is 0. The van der Waals surface area contributed by atoms with E-state index in [0.29, 0.717) is 33.9 Å². The molecular weight excluding hydrogens is 615 g/mol.